The number of primary amides is 1. The lowest BCUT2D eigenvalue weighted by molar-refractivity contribution is 0.0644. The van der Waals surface area contributed by atoms with Crippen LogP contribution in [-0.4, -0.2) is 35.2 Å². The first-order valence-electron chi connectivity index (χ1n) is 7.67. The molecule has 6 nitrogen and oxygen atoms in total. The lowest BCUT2D eigenvalue weighted by atomic mass is 10.0. The van der Waals surface area contributed by atoms with Crippen LogP contribution in [0.4, 0.5) is 4.39 Å². The van der Waals surface area contributed by atoms with Gasteiger partial charge in [0.05, 0.1) is 16.7 Å². The summed E-state index contributed by atoms with van der Waals surface area (Å²) in [7, 11) is 0. The molecule has 0 saturated carbocycles. The standard InChI is InChI=1S/C18H16FN3O3/c19-15-8-10(5-6-14(15)16(21)23)7-11(20)9-22-17(24)12-3-1-2-4-13(12)18(22)25/h1-6,8,11H,7,9,20H2,(H2,21,23)/t11-/m0/s1. The molecule has 7 heteroatoms. The highest BCUT2D eigenvalue weighted by molar-refractivity contribution is 6.21. The minimum absolute atomic E-state index is 0.0194. The minimum Gasteiger partial charge on any atom is -0.366 e. The van der Waals surface area contributed by atoms with Gasteiger partial charge in [0.2, 0.25) is 0 Å². The molecule has 3 rings (SSSR count). The highest BCUT2D eigenvalue weighted by atomic mass is 19.1. The summed E-state index contributed by atoms with van der Waals surface area (Å²) in [6.45, 7) is 0.0194. The number of fused-ring (bicyclic) bond motifs is 1. The Morgan fingerprint density at radius 1 is 1.08 bits per heavy atom. The van der Waals surface area contributed by atoms with Crippen LogP contribution in [-0.2, 0) is 6.42 Å². The van der Waals surface area contributed by atoms with Crippen molar-refractivity contribution in [3.05, 3.63) is 70.5 Å². The smallest absolute Gasteiger partial charge is 0.261 e. The quantitative estimate of drug-likeness (QED) is 0.794. The van der Waals surface area contributed by atoms with Crippen molar-refractivity contribution >= 4 is 17.7 Å². The number of carbonyl (C=O) groups excluding carboxylic acids is 3. The molecule has 128 valence electrons. The number of hydrogen-bond donors (Lipinski definition) is 2. The zero-order valence-corrected chi connectivity index (χ0v) is 13.2. The van der Waals surface area contributed by atoms with Crippen molar-refractivity contribution in [2.75, 3.05) is 6.54 Å². The van der Waals surface area contributed by atoms with E-state index in [4.69, 9.17) is 11.5 Å². The van der Waals surface area contributed by atoms with Crippen LogP contribution in [0.2, 0.25) is 0 Å². The molecule has 0 fully saturated rings. The van der Waals surface area contributed by atoms with Gasteiger partial charge in [0.25, 0.3) is 17.7 Å². The first-order chi connectivity index (χ1) is 11.9. The maximum atomic E-state index is 13.8. The van der Waals surface area contributed by atoms with E-state index in [9.17, 15) is 18.8 Å². The van der Waals surface area contributed by atoms with E-state index in [0.717, 1.165) is 4.90 Å². The van der Waals surface area contributed by atoms with Gasteiger partial charge in [-0.05, 0) is 36.2 Å². The molecular formula is C18H16FN3O3. The summed E-state index contributed by atoms with van der Waals surface area (Å²) in [4.78, 5) is 36.8. The molecule has 0 bridgehead atoms. The van der Waals surface area contributed by atoms with E-state index in [1.807, 2.05) is 0 Å². The largest absolute Gasteiger partial charge is 0.366 e. The van der Waals surface area contributed by atoms with Crippen LogP contribution in [0.3, 0.4) is 0 Å². The second-order valence-electron chi connectivity index (χ2n) is 5.91. The minimum atomic E-state index is -0.848. The molecule has 1 aliphatic rings. The van der Waals surface area contributed by atoms with E-state index >= 15 is 0 Å². The number of carbonyl (C=O) groups is 3. The first-order valence-corrected chi connectivity index (χ1v) is 7.67. The van der Waals surface area contributed by atoms with Crippen LogP contribution < -0.4 is 11.5 Å². The van der Waals surface area contributed by atoms with Crippen molar-refractivity contribution in [3.63, 3.8) is 0 Å². The highest BCUT2D eigenvalue weighted by Gasteiger charge is 2.35. The Balaban J connectivity index is 1.71. The summed E-state index contributed by atoms with van der Waals surface area (Å²) in [5.41, 5.74) is 12.2. The van der Waals surface area contributed by atoms with E-state index in [2.05, 4.69) is 0 Å². The Bertz CT molecular complexity index is 847. The molecule has 1 aliphatic heterocycles. The van der Waals surface area contributed by atoms with Gasteiger partial charge in [0, 0.05) is 12.6 Å². The molecule has 1 atom stereocenters. The number of hydrogen-bond acceptors (Lipinski definition) is 4. The van der Waals surface area contributed by atoms with Gasteiger partial charge in [-0.25, -0.2) is 4.39 Å². The van der Waals surface area contributed by atoms with Gasteiger partial charge in [0.15, 0.2) is 0 Å². The van der Waals surface area contributed by atoms with Gasteiger partial charge in [0.1, 0.15) is 5.82 Å². The predicted octanol–water partition coefficient (Wildman–Crippen LogP) is 1.09. The van der Waals surface area contributed by atoms with E-state index in [-0.39, 0.29) is 30.3 Å². The first kappa shape index (κ1) is 16.8. The van der Waals surface area contributed by atoms with E-state index in [1.54, 1.807) is 30.3 Å². The van der Waals surface area contributed by atoms with E-state index in [0.29, 0.717) is 16.7 Å². The summed E-state index contributed by atoms with van der Waals surface area (Å²) in [5, 5.41) is 0. The third kappa shape index (κ3) is 3.14. The number of amides is 3. The maximum Gasteiger partial charge on any atom is 0.261 e. The highest BCUT2D eigenvalue weighted by Crippen LogP contribution is 2.22. The molecule has 0 saturated heterocycles. The van der Waals surface area contributed by atoms with Crippen molar-refractivity contribution in [3.8, 4) is 0 Å². The number of benzene rings is 2. The number of rotatable bonds is 5. The Kier molecular flexibility index (Phi) is 4.33. The van der Waals surface area contributed by atoms with Gasteiger partial charge in [-0.1, -0.05) is 18.2 Å². The lowest BCUT2D eigenvalue weighted by Gasteiger charge is -2.19. The molecule has 0 aliphatic carbocycles. The van der Waals surface area contributed by atoms with Gasteiger partial charge in [-0.15, -0.1) is 0 Å². The summed E-state index contributed by atoms with van der Waals surface area (Å²) < 4.78 is 13.8. The molecule has 3 amide bonds. The fourth-order valence-electron chi connectivity index (χ4n) is 2.89. The SMILES string of the molecule is NC(=O)c1ccc(C[C@H](N)CN2C(=O)c3ccccc3C2=O)cc1F. The third-order valence-corrected chi connectivity index (χ3v) is 4.09. The molecule has 0 aromatic heterocycles. The summed E-state index contributed by atoms with van der Waals surface area (Å²) in [5.74, 6) is -2.34. The normalized spacial score (nSPS) is 14.6. The number of nitrogens with zero attached hydrogens (tertiary/aromatic N) is 1. The van der Waals surface area contributed by atoms with Crippen LogP contribution in [0.1, 0.15) is 36.6 Å². The van der Waals surface area contributed by atoms with Gasteiger partial charge < -0.3 is 11.5 Å². The molecule has 0 spiro atoms. The van der Waals surface area contributed by atoms with Gasteiger partial charge in [-0.2, -0.15) is 0 Å². The van der Waals surface area contributed by atoms with Crippen molar-refractivity contribution < 1.29 is 18.8 Å². The van der Waals surface area contributed by atoms with Crippen LogP contribution in [0, 0.1) is 5.82 Å². The number of nitrogens with two attached hydrogens (primary N) is 2. The summed E-state index contributed by atoms with van der Waals surface area (Å²) >= 11 is 0. The molecular weight excluding hydrogens is 325 g/mol. The maximum absolute atomic E-state index is 13.8. The molecule has 2 aromatic rings. The third-order valence-electron chi connectivity index (χ3n) is 4.09. The topological polar surface area (TPSA) is 106 Å². The van der Waals surface area contributed by atoms with Gasteiger partial charge in [-0.3, -0.25) is 19.3 Å². The summed E-state index contributed by atoms with van der Waals surface area (Å²) in [6.07, 6.45) is 0.239. The molecule has 0 radical (unpaired) electrons. The Morgan fingerprint density at radius 2 is 1.68 bits per heavy atom. The predicted molar refractivity (Wildman–Crippen MR) is 88.4 cm³/mol. The van der Waals surface area contributed by atoms with E-state index < -0.39 is 17.8 Å². The monoisotopic (exact) mass is 341 g/mol. The fraction of sp³-hybridized carbons (Fsp3) is 0.167. The Hall–Kier alpha value is -3.06. The van der Waals surface area contributed by atoms with Crippen molar-refractivity contribution in [2.45, 2.75) is 12.5 Å². The van der Waals surface area contributed by atoms with E-state index in [1.165, 1.54) is 12.1 Å². The fourth-order valence-corrected chi connectivity index (χ4v) is 2.89. The molecule has 25 heavy (non-hydrogen) atoms. The zero-order valence-electron chi connectivity index (χ0n) is 13.2. The molecule has 0 unspecified atom stereocenters. The van der Waals surface area contributed by atoms with Crippen molar-refractivity contribution in [1.82, 2.24) is 4.90 Å². The summed E-state index contributed by atoms with van der Waals surface area (Å²) in [6, 6.07) is 10.0. The second-order valence-corrected chi connectivity index (χ2v) is 5.91. The Labute approximate surface area is 143 Å². The number of halogens is 1. The second kappa shape index (κ2) is 6.45. The van der Waals surface area contributed by atoms with Crippen LogP contribution in [0.5, 0.6) is 0 Å². The number of imide groups is 1. The molecule has 1 heterocycles. The van der Waals surface area contributed by atoms with Crippen LogP contribution >= 0.6 is 0 Å². The lowest BCUT2D eigenvalue weighted by Crippen LogP contribution is -2.41. The molecule has 2 aromatic carbocycles. The average molecular weight is 341 g/mol. The zero-order chi connectivity index (χ0) is 18.1. The van der Waals surface area contributed by atoms with Crippen LogP contribution in [0.25, 0.3) is 0 Å². The average Bonchev–Trinajstić information content (AvgIpc) is 2.80. The van der Waals surface area contributed by atoms with Crippen LogP contribution in [0.15, 0.2) is 42.5 Å². The Morgan fingerprint density at radius 3 is 2.20 bits per heavy atom. The van der Waals surface area contributed by atoms with Crippen molar-refractivity contribution in [1.29, 1.82) is 0 Å². The van der Waals surface area contributed by atoms with Crippen molar-refractivity contribution in [2.24, 2.45) is 11.5 Å². The molecule has 4 N–H and O–H groups in total. The van der Waals surface area contributed by atoms with Gasteiger partial charge >= 0.3 is 0 Å².